The molecule has 0 saturated heterocycles. The smallest absolute Gasteiger partial charge is 0.162 e. The van der Waals surface area contributed by atoms with E-state index < -0.39 is 8.07 Å². The summed E-state index contributed by atoms with van der Waals surface area (Å²) in [6.45, 7) is 9.47. The highest BCUT2D eigenvalue weighted by molar-refractivity contribution is 6.76. The standard InChI is InChI=1S/C15H20Cl2N2O2Si/c1-10(20)11-7-18-15-13(14(11)17)12(16)8-19(15)9-21-5-6-22(2,3)4/h7-8H,5-6,9H2,1-4H3. The molecule has 22 heavy (non-hydrogen) atoms. The van der Waals surface area contributed by atoms with Crippen molar-refractivity contribution in [2.75, 3.05) is 6.61 Å². The zero-order chi connectivity index (χ0) is 16.5. The van der Waals surface area contributed by atoms with Gasteiger partial charge < -0.3 is 9.30 Å². The van der Waals surface area contributed by atoms with Gasteiger partial charge in [0.1, 0.15) is 12.4 Å². The first kappa shape index (κ1) is 17.5. The lowest BCUT2D eigenvalue weighted by atomic mass is 10.2. The van der Waals surface area contributed by atoms with Gasteiger partial charge in [-0.15, -0.1) is 0 Å². The highest BCUT2D eigenvalue weighted by Gasteiger charge is 2.17. The summed E-state index contributed by atoms with van der Waals surface area (Å²) in [4.78, 5) is 15.9. The average molecular weight is 359 g/mol. The predicted octanol–water partition coefficient (Wildman–Crippen LogP) is 4.86. The number of fused-ring (bicyclic) bond motifs is 1. The van der Waals surface area contributed by atoms with Crippen LogP contribution in [0.15, 0.2) is 12.4 Å². The molecule has 0 aliphatic heterocycles. The summed E-state index contributed by atoms with van der Waals surface area (Å²) in [5.74, 6) is -0.130. The Morgan fingerprint density at radius 1 is 1.36 bits per heavy atom. The van der Waals surface area contributed by atoms with E-state index in [1.165, 1.54) is 13.1 Å². The number of hydrogen-bond acceptors (Lipinski definition) is 3. The Morgan fingerprint density at radius 2 is 2.05 bits per heavy atom. The monoisotopic (exact) mass is 358 g/mol. The van der Waals surface area contributed by atoms with Crippen LogP contribution in [-0.4, -0.2) is 30.0 Å². The minimum atomic E-state index is -1.11. The molecule has 0 fully saturated rings. The molecule has 120 valence electrons. The number of nitrogens with zero attached hydrogens (tertiary/aromatic N) is 2. The van der Waals surface area contributed by atoms with E-state index in [4.69, 9.17) is 27.9 Å². The number of carbonyl (C=O) groups excluding carboxylic acids is 1. The third kappa shape index (κ3) is 3.90. The molecular weight excluding hydrogens is 339 g/mol. The van der Waals surface area contributed by atoms with Gasteiger partial charge in [0, 0.05) is 27.1 Å². The van der Waals surface area contributed by atoms with Crippen LogP contribution in [-0.2, 0) is 11.5 Å². The van der Waals surface area contributed by atoms with Gasteiger partial charge in [-0.3, -0.25) is 4.79 Å². The van der Waals surface area contributed by atoms with Gasteiger partial charge in [-0.1, -0.05) is 42.8 Å². The third-order valence-corrected chi connectivity index (χ3v) is 5.76. The molecule has 7 heteroatoms. The van der Waals surface area contributed by atoms with Crippen LogP contribution < -0.4 is 0 Å². The molecule has 0 spiro atoms. The van der Waals surface area contributed by atoms with Crippen LogP contribution in [0.4, 0.5) is 0 Å². The summed E-state index contributed by atoms with van der Waals surface area (Å²) in [5.41, 5.74) is 1.02. The van der Waals surface area contributed by atoms with Crippen molar-refractivity contribution in [3.05, 3.63) is 28.0 Å². The Balaban J connectivity index is 2.22. The van der Waals surface area contributed by atoms with E-state index in [1.807, 2.05) is 4.57 Å². The summed E-state index contributed by atoms with van der Waals surface area (Å²) >= 11 is 12.5. The first-order valence-corrected chi connectivity index (χ1v) is 11.6. The lowest BCUT2D eigenvalue weighted by molar-refractivity contribution is 0.0899. The number of pyridine rings is 1. The molecule has 2 rings (SSSR count). The van der Waals surface area contributed by atoms with E-state index in [1.54, 1.807) is 6.20 Å². The minimum Gasteiger partial charge on any atom is -0.361 e. The van der Waals surface area contributed by atoms with Crippen molar-refractivity contribution in [3.8, 4) is 0 Å². The van der Waals surface area contributed by atoms with Gasteiger partial charge in [0.05, 0.1) is 21.0 Å². The Bertz CT molecular complexity index is 708. The quantitative estimate of drug-likeness (QED) is 0.420. The van der Waals surface area contributed by atoms with Gasteiger partial charge in [0.25, 0.3) is 0 Å². The number of hydrogen-bond donors (Lipinski definition) is 0. The lowest BCUT2D eigenvalue weighted by Gasteiger charge is -2.15. The van der Waals surface area contributed by atoms with Crippen molar-refractivity contribution >= 4 is 48.1 Å². The Labute approximate surface area is 141 Å². The molecule has 0 atom stereocenters. The third-order valence-electron chi connectivity index (χ3n) is 3.38. The zero-order valence-corrected chi connectivity index (χ0v) is 15.8. The second-order valence-corrected chi connectivity index (χ2v) is 12.9. The fourth-order valence-corrected chi connectivity index (χ4v) is 3.53. The highest BCUT2D eigenvalue weighted by Crippen LogP contribution is 2.33. The molecule has 2 aromatic rings. The van der Waals surface area contributed by atoms with Crippen LogP contribution in [0.1, 0.15) is 17.3 Å². The fraction of sp³-hybridized carbons (Fsp3) is 0.467. The van der Waals surface area contributed by atoms with Gasteiger partial charge in [0.2, 0.25) is 0 Å². The first-order chi connectivity index (χ1) is 10.2. The molecule has 0 aliphatic carbocycles. The van der Waals surface area contributed by atoms with E-state index in [-0.39, 0.29) is 5.78 Å². The number of halogens is 2. The molecule has 2 heterocycles. The molecule has 0 N–H and O–H groups in total. The number of rotatable bonds is 6. The molecule has 2 aromatic heterocycles. The Kier molecular flexibility index (Phi) is 5.32. The normalized spacial score (nSPS) is 12.1. The van der Waals surface area contributed by atoms with Crippen molar-refractivity contribution in [1.82, 2.24) is 9.55 Å². The maximum Gasteiger partial charge on any atom is 0.162 e. The maximum absolute atomic E-state index is 11.5. The maximum atomic E-state index is 11.5. The summed E-state index contributed by atoms with van der Waals surface area (Å²) in [7, 11) is -1.11. The Morgan fingerprint density at radius 3 is 2.64 bits per heavy atom. The van der Waals surface area contributed by atoms with Crippen molar-refractivity contribution in [2.45, 2.75) is 39.3 Å². The second-order valence-electron chi connectivity index (χ2n) is 6.54. The van der Waals surface area contributed by atoms with E-state index in [2.05, 4.69) is 24.6 Å². The summed E-state index contributed by atoms with van der Waals surface area (Å²) in [5, 5.41) is 1.43. The lowest BCUT2D eigenvalue weighted by Crippen LogP contribution is -2.22. The molecule has 0 aliphatic rings. The highest BCUT2D eigenvalue weighted by atomic mass is 35.5. The summed E-state index contributed by atoms with van der Waals surface area (Å²) in [6.07, 6.45) is 3.23. The van der Waals surface area contributed by atoms with Gasteiger partial charge in [-0.25, -0.2) is 4.98 Å². The number of aromatic nitrogens is 2. The van der Waals surface area contributed by atoms with Crippen LogP contribution in [0.2, 0.25) is 35.7 Å². The first-order valence-electron chi connectivity index (χ1n) is 7.12. The fourth-order valence-electron chi connectivity index (χ4n) is 2.06. The number of ether oxygens (including phenoxy) is 1. The van der Waals surface area contributed by atoms with E-state index in [0.29, 0.717) is 40.0 Å². The molecule has 4 nitrogen and oxygen atoms in total. The van der Waals surface area contributed by atoms with Gasteiger partial charge >= 0.3 is 0 Å². The summed E-state index contributed by atoms with van der Waals surface area (Å²) < 4.78 is 7.54. The molecule has 0 aromatic carbocycles. The molecule has 0 radical (unpaired) electrons. The van der Waals surface area contributed by atoms with Crippen molar-refractivity contribution < 1.29 is 9.53 Å². The topological polar surface area (TPSA) is 44.1 Å². The van der Waals surface area contributed by atoms with Crippen LogP contribution in [0.3, 0.4) is 0 Å². The number of carbonyl (C=O) groups is 1. The van der Waals surface area contributed by atoms with Crippen molar-refractivity contribution in [1.29, 1.82) is 0 Å². The van der Waals surface area contributed by atoms with Crippen molar-refractivity contribution in [3.63, 3.8) is 0 Å². The Hall–Kier alpha value is -0.883. The average Bonchev–Trinajstić information content (AvgIpc) is 2.71. The van der Waals surface area contributed by atoms with E-state index >= 15 is 0 Å². The zero-order valence-electron chi connectivity index (χ0n) is 13.2. The largest absolute Gasteiger partial charge is 0.361 e. The van der Waals surface area contributed by atoms with Gasteiger partial charge in [0.15, 0.2) is 5.78 Å². The molecular formula is C15H20Cl2N2O2Si. The van der Waals surface area contributed by atoms with Crippen molar-refractivity contribution in [2.24, 2.45) is 0 Å². The SMILES string of the molecule is CC(=O)c1cnc2c(c(Cl)cn2COCC[Si](C)(C)C)c1Cl. The van der Waals surface area contributed by atoms with Crippen LogP contribution >= 0.6 is 23.2 Å². The number of ketones is 1. The molecule has 0 amide bonds. The van der Waals surface area contributed by atoms with Gasteiger partial charge in [-0.05, 0) is 13.0 Å². The molecule has 0 saturated carbocycles. The van der Waals surface area contributed by atoms with E-state index in [0.717, 1.165) is 6.04 Å². The number of Topliss-reactive ketones (excluding diaryl/α,β-unsaturated/α-hetero) is 1. The van der Waals surface area contributed by atoms with Gasteiger partial charge in [-0.2, -0.15) is 0 Å². The van der Waals surface area contributed by atoms with Crippen LogP contribution in [0, 0.1) is 0 Å². The van der Waals surface area contributed by atoms with E-state index in [9.17, 15) is 4.79 Å². The van der Waals surface area contributed by atoms with Crippen LogP contribution in [0.5, 0.6) is 0 Å². The predicted molar refractivity (Wildman–Crippen MR) is 93.9 cm³/mol. The summed E-state index contributed by atoms with van der Waals surface area (Å²) in [6, 6.07) is 1.10. The minimum absolute atomic E-state index is 0.130. The second kappa shape index (κ2) is 6.70. The molecule has 0 unspecified atom stereocenters. The van der Waals surface area contributed by atoms with Crippen LogP contribution in [0.25, 0.3) is 11.0 Å². The molecule has 0 bridgehead atoms.